The smallest absolute Gasteiger partial charge is 0.0994 e. The number of nitrogens with one attached hydrogen (secondary N) is 2. The molecule has 1 aromatic carbocycles. The molecule has 15 heavy (non-hydrogen) atoms. The van der Waals surface area contributed by atoms with E-state index < -0.39 is 0 Å². The van der Waals surface area contributed by atoms with E-state index in [2.05, 4.69) is 50.5 Å². The van der Waals surface area contributed by atoms with Crippen LogP contribution in [0.5, 0.6) is 0 Å². The first-order valence-corrected chi connectivity index (χ1v) is 5.62. The lowest BCUT2D eigenvalue weighted by Crippen LogP contribution is -2.08. The van der Waals surface area contributed by atoms with Crippen molar-refractivity contribution in [3.63, 3.8) is 0 Å². The van der Waals surface area contributed by atoms with Crippen LogP contribution in [-0.4, -0.2) is 10.2 Å². The third kappa shape index (κ3) is 1.28. The number of anilines is 1. The van der Waals surface area contributed by atoms with Gasteiger partial charge >= 0.3 is 0 Å². The summed E-state index contributed by atoms with van der Waals surface area (Å²) in [6.07, 6.45) is 0. The number of fused-ring (bicyclic) bond motifs is 3. The second-order valence-electron chi connectivity index (χ2n) is 3.72. The Hall–Kier alpha value is -1.29. The third-order valence-corrected chi connectivity index (χ3v) is 3.26. The van der Waals surface area contributed by atoms with Gasteiger partial charge in [0.25, 0.3) is 0 Å². The van der Waals surface area contributed by atoms with E-state index in [1.165, 1.54) is 5.56 Å². The Balaban J connectivity index is 2.28. The molecule has 4 heteroatoms. The van der Waals surface area contributed by atoms with Crippen molar-refractivity contribution < 1.29 is 0 Å². The predicted octanol–water partition coefficient (Wildman–Crippen LogP) is 3.07. The molecule has 1 aromatic heterocycles. The average molecular weight is 264 g/mol. The van der Waals surface area contributed by atoms with Crippen molar-refractivity contribution in [1.82, 2.24) is 10.2 Å². The summed E-state index contributed by atoms with van der Waals surface area (Å²) in [5.41, 5.74) is 5.79. The van der Waals surface area contributed by atoms with Gasteiger partial charge in [0.1, 0.15) is 0 Å². The largest absolute Gasteiger partial charge is 0.380 e. The molecule has 3 rings (SSSR count). The Bertz CT molecular complexity index is 531. The molecule has 0 unspecified atom stereocenters. The predicted molar refractivity (Wildman–Crippen MR) is 63.8 cm³/mol. The Labute approximate surface area is 96.0 Å². The van der Waals surface area contributed by atoms with E-state index >= 15 is 0 Å². The number of benzene rings is 1. The molecule has 0 fully saturated rings. The van der Waals surface area contributed by atoms with Gasteiger partial charge in [-0.3, -0.25) is 5.10 Å². The van der Waals surface area contributed by atoms with Crippen LogP contribution in [0.15, 0.2) is 22.7 Å². The average Bonchev–Trinajstić information content (AvgIpc) is 2.61. The summed E-state index contributed by atoms with van der Waals surface area (Å²) in [7, 11) is 0. The summed E-state index contributed by atoms with van der Waals surface area (Å²) in [6, 6.07) is 6.21. The summed E-state index contributed by atoms with van der Waals surface area (Å²) in [4.78, 5) is 0. The van der Waals surface area contributed by atoms with Crippen LogP contribution in [0.25, 0.3) is 11.3 Å². The molecule has 2 N–H and O–H groups in total. The highest BCUT2D eigenvalue weighted by Gasteiger charge is 2.19. The number of halogens is 1. The minimum absolute atomic E-state index is 0.853. The molecule has 0 aliphatic carbocycles. The zero-order chi connectivity index (χ0) is 10.4. The number of aromatic amines is 1. The van der Waals surface area contributed by atoms with Crippen LogP contribution in [0.2, 0.25) is 0 Å². The minimum Gasteiger partial charge on any atom is -0.380 e. The number of aryl methyl sites for hydroxylation is 1. The Morgan fingerprint density at radius 3 is 3.13 bits per heavy atom. The summed E-state index contributed by atoms with van der Waals surface area (Å²) in [5.74, 6) is 0. The van der Waals surface area contributed by atoms with Gasteiger partial charge in [0, 0.05) is 33.5 Å². The lowest BCUT2D eigenvalue weighted by molar-refractivity contribution is 1.05. The number of nitrogens with zero attached hydrogens (tertiary/aromatic N) is 1. The van der Waals surface area contributed by atoms with Crippen LogP contribution in [0.4, 0.5) is 5.69 Å². The van der Waals surface area contributed by atoms with Gasteiger partial charge in [-0.05, 0) is 25.1 Å². The molecular formula is C11H10BrN3. The Morgan fingerprint density at radius 2 is 2.27 bits per heavy atom. The van der Waals surface area contributed by atoms with E-state index in [0.717, 1.165) is 33.7 Å². The number of hydrogen-bond acceptors (Lipinski definition) is 2. The van der Waals surface area contributed by atoms with Crippen LogP contribution in [0.3, 0.4) is 0 Å². The number of aromatic nitrogens is 2. The molecule has 0 spiro atoms. The molecule has 76 valence electrons. The van der Waals surface area contributed by atoms with Crippen molar-refractivity contribution in [2.45, 2.75) is 13.5 Å². The highest BCUT2D eigenvalue weighted by molar-refractivity contribution is 9.10. The molecule has 3 nitrogen and oxygen atoms in total. The normalized spacial score (nSPS) is 12.9. The second-order valence-corrected chi connectivity index (χ2v) is 4.63. The van der Waals surface area contributed by atoms with Crippen molar-refractivity contribution in [2.24, 2.45) is 0 Å². The zero-order valence-corrected chi connectivity index (χ0v) is 9.85. The highest BCUT2D eigenvalue weighted by atomic mass is 79.9. The molecule has 2 heterocycles. The van der Waals surface area contributed by atoms with E-state index in [1.807, 2.05) is 6.07 Å². The molecular weight excluding hydrogens is 254 g/mol. The van der Waals surface area contributed by atoms with Gasteiger partial charge in [-0.2, -0.15) is 5.10 Å². The number of rotatable bonds is 0. The molecule has 0 bridgehead atoms. The molecule has 0 radical (unpaired) electrons. The van der Waals surface area contributed by atoms with E-state index in [0.29, 0.717) is 0 Å². The maximum absolute atomic E-state index is 4.35. The van der Waals surface area contributed by atoms with Crippen LogP contribution >= 0.6 is 15.9 Å². The van der Waals surface area contributed by atoms with Crippen molar-refractivity contribution >= 4 is 21.6 Å². The Kier molecular flexibility index (Phi) is 1.85. The third-order valence-electron chi connectivity index (χ3n) is 2.77. The standard InChI is InChI=1S/C11H10BrN3/c1-6-9-5-13-10-3-2-7(12)4-8(10)11(9)15-14-6/h2-4,13H,5H2,1H3,(H,14,15). The van der Waals surface area contributed by atoms with Crippen LogP contribution in [0.1, 0.15) is 11.3 Å². The molecule has 0 atom stereocenters. The van der Waals surface area contributed by atoms with E-state index in [-0.39, 0.29) is 0 Å². The first kappa shape index (κ1) is 8.97. The number of H-pyrrole nitrogens is 1. The highest BCUT2D eigenvalue weighted by Crippen LogP contribution is 2.36. The lowest BCUT2D eigenvalue weighted by atomic mass is 10.0. The topological polar surface area (TPSA) is 40.7 Å². The first-order valence-electron chi connectivity index (χ1n) is 4.83. The van der Waals surface area contributed by atoms with Crippen molar-refractivity contribution in [3.8, 4) is 11.3 Å². The fourth-order valence-electron chi connectivity index (χ4n) is 1.94. The van der Waals surface area contributed by atoms with Crippen LogP contribution < -0.4 is 5.32 Å². The van der Waals surface area contributed by atoms with Gasteiger partial charge in [-0.15, -0.1) is 0 Å². The summed E-state index contributed by atoms with van der Waals surface area (Å²) >= 11 is 3.48. The van der Waals surface area contributed by atoms with Gasteiger partial charge in [0.15, 0.2) is 0 Å². The molecule has 2 aromatic rings. The van der Waals surface area contributed by atoms with Gasteiger partial charge in [0.2, 0.25) is 0 Å². The monoisotopic (exact) mass is 263 g/mol. The van der Waals surface area contributed by atoms with Gasteiger partial charge in [-0.25, -0.2) is 0 Å². The van der Waals surface area contributed by atoms with Crippen LogP contribution in [0, 0.1) is 6.92 Å². The Morgan fingerprint density at radius 1 is 1.40 bits per heavy atom. The maximum atomic E-state index is 4.35. The van der Waals surface area contributed by atoms with E-state index in [4.69, 9.17) is 0 Å². The lowest BCUT2D eigenvalue weighted by Gasteiger charge is -2.17. The molecule has 0 saturated heterocycles. The first-order chi connectivity index (χ1) is 7.25. The number of hydrogen-bond donors (Lipinski definition) is 2. The summed E-state index contributed by atoms with van der Waals surface area (Å²) in [5, 5.41) is 10.8. The summed E-state index contributed by atoms with van der Waals surface area (Å²) < 4.78 is 1.08. The van der Waals surface area contributed by atoms with E-state index in [1.54, 1.807) is 0 Å². The maximum Gasteiger partial charge on any atom is 0.0994 e. The fraction of sp³-hybridized carbons (Fsp3) is 0.182. The van der Waals surface area contributed by atoms with Gasteiger partial charge in [-0.1, -0.05) is 15.9 Å². The minimum atomic E-state index is 0.853. The van der Waals surface area contributed by atoms with Gasteiger partial charge < -0.3 is 5.32 Å². The molecule has 0 saturated carbocycles. The molecule has 1 aliphatic heterocycles. The van der Waals surface area contributed by atoms with E-state index in [9.17, 15) is 0 Å². The fourth-order valence-corrected chi connectivity index (χ4v) is 2.30. The quantitative estimate of drug-likeness (QED) is 0.767. The van der Waals surface area contributed by atoms with Crippen molar-refractivity contribution in [2.75, 3.05) is 5.32 Å². The molecule has 1 aliphatic rings. The van der Waals surface area contributed by atoms with Gasteiger partial charge in [0.05, 0.1) is 5.69 Å². The van der Waals surface area contributed by atoms with Crippen molar-refractivity contribution in [3.05, 3.63) is 33.9 Å². The zero-order valence-electron chi connectivity index (χ0n) is 8.26. The summed E-state index contributed by atoms with van der Waals surface area (Å²) in [6.45, 7) is 2.91. The van der Waals surface area contributed by atoms with Crippen molar-refractivity contribution in [1.29, 1.82) is 0 Å². The van der Waals surface area contributed by atoms with Crippen LogP contribution in [-0.2, 0) is 6.54 Å². The second kappa shape index (κ2) is 3.10. The molecule has 0 amide bonds. The SMILES string of the molecule is Cc1[nH]nc2c1CNc1ccc(Br)cc1-2.